The van der Waals surface area contributed by atoms with Crippen LogP contribution in [0.3, 0.4) is 0 Å². The molecule has 0 bridgehead atoms. The molecule has 1 fully saturated rings. The van der Waals surface area contributed by atoms with Crippen molar-refractivity contribution in [1.82, 2.24) is 19.9 Å². The normalized spacial score (nSPS) is 15.8. The van der Waals surface area contributed by atoms with Gasteiger partial charge < -0.3 is 29.9 Å². The quantitative estimate of drug-likeness (QED) is 0.398. The summed E-state index contributed by atoms with van der Waals surface area (Å²) < 4.78 is 7.64. The standard InChI is InChI=1S/C27H28N6O3/c1-32-10-8-20-19(5-9-28-26(20)32)18-3-4-22(24-21(18)15-30-27(24)35)31-25-23(36-2)13-16(14-29-25)33-11-6-17(34)7-12-33/h3-5,8-10,13-14,17,34H,6-7,11-12,15H2,1-2H3,(H,29,31)(H,30,35). The van der Waals surface area contributed by atoms with E-state index >= 15 is 0 Å². The Morgan fingerprint density at radius 3 is 2.78 bits per heavy atom. The van der Waals surface area contributed by atoms with Crippen LogP contribution in [0, 0.1) is 0 Å². The van der Waals surface area contributed by atoms with E-state index in [0.29, 0.717) is 29.4 Å². The molecule has 0 spiro atoms. The van der Waals surface area contributed by atoms with E-state index in [4.69, 9.17) is 4.74 Å². The number of piperidine rings is 1. The molecule has 5 heterocycles. The van der Waals surface area contributed by atoms with Gasteiger partial charge in [-0.05, 0) is 47.7 Å². The molecule has 0 unspecified atom stereocenters. The highest BCUT2D eigenvalue weighted by Gasteiger charge is 2.28. The van der Waals surface area contributed by atoms with Gasteiger partial charge in [0.1, 0.15) is 5.65 Å². The number of aryl methyl sites for hydroxylation is 1. The van der Waals surface area contributed by atoms with Crippen LogP contribution in [0.1, 0.15) is 28.8 Å². The van der Waals surface area contributed by atoms with E-state index in [1.807, 2.05) is 42.1 Å². The van der Waals surface area contributed by atoms with Crippen LogP contribution < -0.4 is 20.3 Å². The molecule has 0 radical (unpaired) electrons. The first kappa shape index (κ1) is 22.4. The number of fused-ring (bicyclic) bond motifs is 2. The number of nitrogens with one attached hydrogen (secondary N) is 2. The van der Waals surface area contributed by atoms with Crippen molar-refractivity contribution in [2.45, 2.75) is 25.5 Å². The van der Waals surface area contributed by atoms with Crippen molar-refractivity contribution in [3.63, 3.8) is 0 Å². The van der Waals surface area contributed by atoms with Crippen LogP contribution in [0.15, 0.2) is 48.9 Å². The molecular formula is C27H28N6O3. The van der Waals surface area contributed by atoms with E-state index in [2.05, 4.69) is 31.6 Å². The highest BCUT2D eigenvalue weighted by Crippen LogP contribution is 2.39. The Bertz CT molecular complexity index is 1470. The Hall–Kier alpha value is -4.11. The number of carbonyl (C=O) groups excluding carboxylic acids is 1. The number of amides is 1. The minimum atomic E-state index is -0.238. The second-order valence-corrected chi connectivity index (χ2v) is 9.31. The number of hydrogen-bond acceptors (Lipinski definition) is 7. The Labute approximate surface area is 208 Å². The second kappa shape index (κ2) is 8.83. The van der Waals surface area contributed by atoms with Gasteiger partial charge in [0.2, 0.25) is 0 Å². The van der Waals surface area contributed by atoms with Gasteiger partial charge in [0, 0.05) is 50.5 Å². The summed E-state index contributed by atoms with van der Waals surface area (Å²) in [5.41, 5.74) is 6.16. The van der Waals surface area contributed by atoms with Crippen molar-refractivity contribution < 1.29 is 14.6 Å². The molecule has 0 aliphatic carbocycles. The van der Waals surface area contributed by atoms with Crippen molar-refractivity contribution >= 4 is 34.1 Å². The number of anilines is 3. The molecular weight excluding hydrogens is 456 g/mol. The largest absolute Gasteiger partial charge is 0.493 e. The molecule has 1 amide bonds. The van der Waals surface area contributed by atoms with Gasteiger partial charge in [0.25, 0.3) is 5.91 Å². The molecule has 1 aromatic carbocycles. The number of aliphatic hydroxyl groups is 1. The van der Waals surface area contributed by atoms with Gasteiger partial charge in [-0.2, -0.15) is 0 Å². The van der Waals surface area contributed by atoms with E-state index < -0.39 is 0 Å². The van der Waals surface area contributed by atoms with Gasteiger partial charge in [-0.1, -0.05) is 6.07 Å². The fourth-order valence-electron chi connectivity index (χ4n) is 5.21. The number of benzene rings is 1. The molecule has 36 heavy (non-hydrogen) atoms. The lowest BCUT2D eigenvalue weighted by Crippen LogP contribution is -2.35. The van der Waals surface area contributed by atoms with Crippen molar-refractivity contribution in [3.05, 3.63) is 60.0 Å². The van der Waals surface area contributed by atoms with Crippen LogP contribution in [0.2, 0.25) is 0 Å². The van der Waals surface area contributed by atoms with Crippen LogP contribution in [-0.4, -0.2) is 51.9 Å². The molecule has 9 heteroatoms. The molecule has 1 saturated heterocycles. The van der Waals surface area contributed by atoms with E-state index in [1.54, 1.807) is 19.5 Å². The fourth-order valence-corrected chi connectivity index (χ4v) is 5.21. The Morgan fingerprint density at radius 2 is 1.97 bits per heavy atom. The first-order valence-electron chi connectivity index (χ1n) is 12.1. The first-order chi connectivity index (χ1) is 17.5. The zero-order valence-electron chi connectivity index (χ0n) is 20.3. The van der Waals surface area contributed by atoms with Crippen molar-refractivity contribution in [1.29, 1.82) is 0 Å². The number of ether oxygens (including phenoxy) is 1. The maximum atomic E-state index is 12.9. The lowest BCUT2D eigenvalue weighted by molar-refractivity contribution is 0.0966. The molecule has 2 aliphatic heterocycles. The molecule has 0 saturated carbocycles. The summed E-state index contributed by atoms with van der Waals surface area (Å²) in [4.78, 5) is 24.3. The number of aliphatic hydroxyl groups excluding tert-OH is 1. The van der Waals surface area contributed by atoms with Gasteiger partial charge >= 0.3 is 0 Å². The van der Waals surface area contributed by atoms with Crippen LogP contribution >= 0.6 is 0 Å². The average Bonchev–Trinajstić information content (AvgIpc) is 3.48. The predicted octanol–water partition coefficient (Wildman–Crippen LogP) is 3.59. The van der Waals surface area contributed by atoms with Crippen LogP contribution in [0.25, 0.3) is 22.2 Å². The Kier molecular flexibility index (Phi) is 5.49. The topological polar surface area (TPSA) is 105 Å². The lowest BCUT2D eigenvalue weighted by Gasteiger charge is -2.31. The summed E-state index contributed by atoms with van der Waals surface area (Å²) >= 11 is 0. The van der Waals surface area contributed by atoms with Gasteiger partial charge in [-0.3, -0.25) is 4.79 Å². The van der Waals surface area contributed by atoms with E-state index in [-0.39, 0.29) is 12.0 Å². The van der Waals surface area contributed by atoms with Crippen LogP contribution in [-0.2, 0) is 13.6 Å². The highest BCUT2D eigenvalue weighted by atomic mass is 16.5. The van der Waals surface area contributed by atoms with E-state index in [9.17, 15) is 9.90 Å². The number of methoxy groups -OCH3 is 1. The number of pyridine rings is 2. The molecule has 6 rings (SSSR count). The molecule has 9 nitrogen and oxygen atoms in total. The van der Waals surface area contributed by atoms with Crippen LogP contribution in [0.5, 0.6) is 5.75 Å². The van der Waals surface area contributed by atoms with E-state index in [1.165, 1.54) is 0 Å². The van der Waals surface area contributed by atoms with Crippen molar-refractivity contribution in [2.24, 2.45) is 7.05 Å². The average molecular weight is 485 g/mol. The minimum Gasteiger partial charge on any atom is -0.493 e. The van der Waals surface area contributed by atoms with Gasteiger partial charge in [-0.15, -0.1) is 0 Å². The second-order valence-electron chi connectivity index (χ2n) is 9.31. The predicted molar refractivity (Wildman–Crippen MR) is 139 cm³/mol. The summed E-state index contributed by atoms with van der Waals surface area (Å²) in [6.07, 6.45) is 6.85. The molecule has 2 aliphatic rings. The fraction of sp³-hybridized carbons (Fsp3) is 0.296. The van der Waals surface area contributed by atoms with Gasteiger partial charge in [0.05, 0.1) is 36.3 Å². The summed E-state index contributed by atoms with van der Waals surface area (Å²) in [5.74, 6) is 1.02. The molecule has 4 aromatic rings. The van der Waals surface area contributed by atoms with Crippen molar-refractivity contribution in [2.75, 3.05) is 30.4 Å². The maximum absolute atomic E-state index is 12.9. The van der Waals surface area contributed by atoms with Gasteiger partial charge in [-0.25, -0.2) is 9.97 Å². The Morgan fingerprint density at radius 1 is 1.14 bits per heavy atom. The Balaban J connectivity index is 1.36. The highest BCUT2D eigenvalue weighted by molar-refractivity contribution is 6.07. The zero-order valence-corrected chi connectivity index (χ0v) is 20.3. The lowest BCUT2D eigenvalue weighted by atomic mass is 9.94. The molecule has 184 valence electrons. The number of nitrogens with zero attached hydrogens (tertiary/aromatic N) is 4. The number of hydrogen-bond donors (Lipinski definition) is 3. The monoisotopic (exact) mass is 484 g/mol. The number of aromatic nitrogens is 3. The number of rotatable bonds is 5. The number of carbonyl (C=O) groups is 1. The zero-order chi connectivity index (χ0) is 24.8. The summed E-state index contributed by atoms with van der Waals surface area (Å²) in [7, 11) is 3.59. The smallest absolute Gasteiger partial charge is 0.254 e. The molecule has 3 N–H and O–H groups in total. The third-order valence-corrected chi connectivity index (χ3v) is 7.16. The summed E-state index contributed by atoms with van der Waals surface area (Å²) in [6, 6.07) is 9.97. The molecule has 0 atom stereocenters. The maximum Gasteiger partial charge on any atom is 0.254 e. The summed E-state index contributed by atoms with van der Waals surface area (Å²) in [6.45, 7) is 2.01. The van der Waals surface area contributed by atoms with E-state index in [0.717, 1.165) is 59.3 Å². The van der Waals surface area contributed by atoms with Crippen LogP contribution in [0.4, 0.5) is 17.2 Å². The van der Waals surface area contributed by atoms with Crippen molar-refractivity contribution in [3.8, 4) is 16.9 Å². The first-order valence-corrected chi connectivity index (χ1v) is 12.1. The summed E-state index contributed by atoms with van der Waals surface area (Å²) in [5, 5.41) is 17.2. The van der Waals surface area contributed by atoms with Gasteiger partial charge in [0.15, 0.2) is 11.6 Å². The minimum absolute atomic E-state index is 0.116. The molecule has 3 aromatic heterocycles. The third kappa shape index (κ3) is 3.72. The third-order valence-electron chi connectivity index (χ3n) is 7.16. The SMILES string of the molecule is COc1cc(N2CCC(O)CC2)cnc1Nc1ccc(-c2ccnc3c2ccn3C)c2c1C(=O)NC2.